The normalized spacial score (nSPS) is 21.9. The SMILES string of the molecule is Cc1cc(NC(=O)C2(C)CCNC2)cc(C)c1Br.Cl. The summed E-state index contributed by atoms with van der Waals surface area (Å²) in [7, 11) is 0. The van der Waals surface area contributed by atoms with E-state index in [1.807, 2.05) is 32.9 Å². The van der Waals surface area contributed by atoms with Crippen molar-refractivity contribution < 1.29 is 4.79 Å². The summed E-state index contributed by atoms with van der Waals surface area (Å²) in [6, 6.07) is 4.00. The van der Waals surface area contributed by atoms with E-state index in [0.717, 1.165) is 40.8 Å². The first-order chi connectivity index (χ1) is 8.42. The topological polar surface area (TPSA) is 41.1 Å². The van der Waals surface area contributed by atoms with E-state index in [1.54, 1.807) is 0 Å². The van der Waals surface area contributed by atoms with Gasteiger partial charge in [0.15, 0.2) is 0 Å². The smallest absolute Gasteiger partial charge is 0.231 e. The molecule has 1 aromatic carbocycles. The number of hydrogen-bond acceptors (Lipinski definition) is 2. The Kier molecular flexibility index (Phi) is 5.42. The molecule has 1 aliphatic rings. The average molecular weight is 348 g/mol. The van der Waals surface area contributed by atoms with Crippen molar-refractivity contribution in [3.8, 4) is 0 Å². The number of carbonyl (C=O) groups excluding carboxylic acids is 1. The standard InChI is InChI=1S/C14H19BrN2O.ClH/c1-9-6-11(7-10(2)12(9)15)17-13(18)14(3)4-5-16-8-14;/h6-7,16H,4-5,8H2,1-3H3,(H,17,18);1H. The first-order valence-corrected chi connectivity index (χ1v) is 7.01. The molecule has 1 aliphatic heterocycles. The molecule has 0 bridgehead atoms. The fourth-order valence-electron chi connectivity index (χ4n) is 2.31. The fraction of sp³-hybridized carbons (Fsp3) is 0.500. The van der Waals surface area contributed by atoms with E-state index in [2.05, 4.69) is 26.6 Å². The zero-order valence-electron chi connectivity index (χ0n) is 11.5. The van der Waals surface area contributed by atoms with Crippen molar-refractivity contribution in [2.75, 3.05) is 18.4 Å². The third-order valence-electron chi connectivity index (χ3n) is 3.61. The van der Waals surface area contributed by atoms with Gasteiger partial charge in [0.1, 0.15) is 0 Å². The van der Waals surface area contributed by atoms with Crippen molar-refractivity contribution in [1.29, 1.82) is 0 Å². The number of halogens is 2. The van der Waals surface area contributed by atoms with Gasteiger partial charge in [-0.3, -0.25) is 4.79 Å². The van der Waals surface area contributed by atoms with Crippen LogP contribution in [0.5, 0.6) is 0 Å². The molecule has 0 aromatic heterocycles. The lowest BCUT2D eigenvalue weighted by atomic mass is 9.88. The number of anilines is 1. The van der Waals surface area contributed by atoms with Crippen LogP contribution in [0.4, 0.5) is 5.69 Å². The molecule has 106 valence electrons. The molecule has 0 spiro atoms. The number of hydrogen-bond donors (Lipinski definition) is 2. The van der Waals surface area contributed by atoms with Crippen LogP contribution in [-0.2, 0) is 4.79 Å². The highest BCUT2D eigenvalue weighted by molar-refractivity contribution is 9.10. The van der Waals surface area contributed by atoms with Crippen LogP contribution in [-0.4, -0.2) is 19.0 Å². The first kappa shape index (κ1) is 16.5. The predicted octanol–water partition coefficient (Wildman–Crippen LogP) is 3.43. The van der Waals surface area contributed by atoms with E-state index in [0.29, 0.717) is 0 Å². The molecule has 1 saturated heterocycles. The van der Waals surface area contributed by atoms with Gasteiger partial charge in [0.2, 0.25) is 5.91 Å². The van der Waals surface area contributed by atoms with Gasteiger partial charge in [-0.2, -0.15) is 0 Å². The monoisotopic (exact) mass is 346 g/mol. The van der Waals surface area contributed by atoms with Crippen molar-refractivity contribution in [3.05, 3.63) is 27.7 Å². The summed E-state index contributed by atoms with van der Waals surface area (Å²) in [5, 5.41) is 6.28. The molecule has 0 radical (unpaired) electrons. The van der Waals surface area contributed by atoms with E-state index in [-0.39, 0.29) is 23.7 Å². The zero-order chi connectivity index (χ0) is 13.3. The van der Waals surface area contributed by atoms with Crippen molar-refractivity contribution in [1.82, 2.24) is 5.32 Å². The largest absolute Gasteiger partial charge is 0.326 e. The Hall–Kier alpha value is -0.580. The Morgan fingerprint density at radius 2 is 1.95 bits per heavy atom. The summed E-state index contributed by atoms with van der Waals surface area (Å²) in [6.07, 6.45) is 0.896. The van der Waals surface area contributed by atoms with Crippen LogP contribution in [0.2, 0.25) is 0 Å². The van der Waals surface area contributed by atoms with Crippen LogP contribution in [0.1, 0.15) is 24.5 Å². The Bertz CT molecular complexity index is 461. The van der Waals surface area contributed by atoms with Crippen LogP contribution >= 0.6 is 28.3 Å². The maximum absolute atomic E-state index is 12.3. The van der Waals surface area contributed by atoms with E-state index >= 15 is 0 Å². The first-order valence-electron chi connectivity index (χ1n) is 6.21. The molecule has 0 aliphatic carbocycles. The van der Waals surface area contributed by atoms with Crippen LogP contribution in [0.25, 0.3) is 0 Å². The summed E-state index contributed by atoms with van der Waals surface area (Å²) in [6.45, 7) is 7.76. The molecule has 0 saturated carbocycles. The highest BCUT2D eigenvalue weighted by atomic mass is 79.9. The molecule has 2 rings (SSSR count). The molecule has 1 fully saturated rings. The van der Waals surface area contributed by atoms with Crippen molar-refractivity contribution in [2.45, 2.75) is 27.2 Å². The second kappa shape index (κ2) is 6.25. The Labute approximate surface area is 129 Å². The average Bonchev–Trinajstić information content (AvgIpc) is 2.74. The number of benzene rings is 1. The van der Waals surface area contributed by atoms with Gasteiger partial charge >= 0.3 is 0 Å². The summed E-state index contributed by atoms with van der Waals surface area (Å²) in [5.74, 6) is 0.105. The summed E-state index contributed by atoms with van der Waals surface area (Å²) in [5.41, 5.74) is 2.88. The van der Waals surface area contributed by atoms with Gasteiger partial charge in [-0.15, -0.1) is 12.4 Å². The third kappa shape index (κ3) is 3.50. The van der Waals surface area contributed by atoms with Crippen LogP contribution in [0.15, 0.2) is 16.6 Å². The van der Waals surface area contributed by atoms with E-state index < -0.39 is 0 Å². The Morgan fingerprint density at radius 1 is 1.37 bits per heavy atom. The highest BCUT2D eigenvalue weighted by Crippen LogP contribution is 2.29. The van der Waals surface area contributed by atoms with Gasteiger partial charge in [-0.05, 0) is 57.0 Å². The number of rotatable bonds is 2. The van der Waals surface area contributed by atoms with E-state index in [1.165, 1.54) is 0 Å². The number of aryl methyl sites for hydroxylation is 2. The lowest BCUT2D eigenvalue weighted by molar-refractivity contribution is -0.123. The molecule has 1 amide bonds. The van der Waals surface area contributed by atoms with Gasteiger partial charge < -0.3 is 10.6 Å². The minimum absolute atomic E-state index is 0. The van der Waals surface area contributed by atoms with E-state index in [9.17, 15) is 4.79 Å². The lowest BCUT2D eigenvalue weighted by Gasteiger charge is -2.22. The highest BCUT2D eigenvalue weighted by Gasteiger charge is 2.36. The number of carbonyl (C=O) groups is 1. The van der Waals surface area contributed by atoms with Crippen LogP contribution in [0, 0.1) is 19.3 Å². The quantitative estimate of drug-likeness (QED) is 0.860. The molecular formula is C14H20BrClN2O. The second-order valence-electron chi connectivity index (χ2n) is 5.37. The van der Waals surface area contributed by atoms with E-state index in [4.69, 9.17) is 0 Å². The summed E-state index contributed by atoms with van der Waals surface area (Å²) >= 11 is 3.53. The molecule has 5 heteroatoms. The Morgan fingerprint density at radius 3 is 2.42 bits per heavy atom. The maximum atomic E-state index is 12.3. The third-order valence-corrected chi connectivity index (χ3v) is 4.86. The fourth-order valence-corrected chi connectivity index (χ4v) is 2.54. The molecule has 3 nitrogen and oxygen atoms in total. The van der Waals surface area contributed by atoms with Crippen LogP contribution in [0.3, 0.4) is 0 Å². The maximum Gasteiger partial charge on any atom is 0.231 e. The Balaban J connectivity index is 0.00000180. The minimum atomic E-state index is -0.283. The zero-order valence-corrected chi connectivity index (χ0v) is 13.9. The van der Waals surface area contributed by atoms with Crippen molar-refractivity contribution >= 4 is 39.9 Å². The van der Waals surface area contributed by atoms with Crippen molar-refractivity contribution in [3.63, 3.8) is 0 Å². The number of nitrogens with one attached hydrogen (secondary N) is 2. The summed E-state index contributed by atoms with van der Waals surface area (Å²) in [4.78, 5) is 12.3. The molecule has 1 atom stereocenters. The molecule has 1 heterocycles. The van der Waals surface area contributed by atoms with Gasteiger partial charge in [-0.1, -0.05) is 15.9 Å². The molecule has 19 heavy (non-hydrogen) atoms. The number of amides is 1. The van der Waals surface area contributed by atoms with Crippen LogP contribution < -0.4 is 10.6 Å². The summed E-state index contributed by atoms with van der Waals surface area (Å²) < 4.78 is 1.11. The molecule has 1 unspecified atom stereocenters. The molecule has 2 N–H and O–H groups in total. The minimum Gasteiger partial charge on any atom is -0.326 e. The molecular weight excluding hydrogens is 328 g/mol. The van der Waals surface area contributed by atoms with Gasteiger partial charge in [0.05, 0.1) is 5.41 Å². The van der Waals surface area contributed by atoms with Gasteiger partial charge in [-0.25, -0.2) is 0 Å². The molecule has 1 aromatic rings. The van der Waals surface area contributed by atoms with Gasteiger partial charge in [0.25, 0.3) is 0 Å². The van der Waals surface area contributed by atoms with Crippen molar-refractivity contribution in [2.24, 2.45) is 5.41 Å². The lowest BCUT2D eigenvalue weighted by Crippen LogP contribution is -2.35. The van der Waals surface area contributed by atoms with Gasteiger partial charge in [0, 0.05) is 16.7 Å². The second-order valence-corrected chi connectivity index (χ2v) is 6.16. The predicted molar refractivity (Wildman–Crippen MR) is 85.1 cm³/mol.